The minimum atomic E-state index is 1.60. The Labute approximate surface area is 49.6 Å². The second-order valence-corrected chi connectivity index (χ2v) is 1.14. The SMILES string of the molecule is C=C/C=C/N=C\NC. The van der Waals surface area contributed by atoms with Gasteiger partial charge in [0, 0.05) is 13.2 Å². The standard InChI is InChI=1S/C6H10N2/c1-3-4-5-8-6-7-2/h3-6H,1H2,2H3,(H,7,8)/b5-4+. The fourth-order valence-corrected chi connectivity index (χ4v) is 0.228. The number of hydrogen-bond acceptors (Lipinski definition) is 1. The van der Waals surface area contributed by atoms with Gasteiger partial charge in [-0.15, -0.1) is 0 Å². The van der Waals surface area contributed by atoms with Gasteiger partial charge < -0.3 is 5.32 Å². The minimum Gasteiger partial charge on any atom is -0.379 e. The van der Waals surface area contributed by atoms with E-state index < -0.39 is 0 Å². The van der Waals surface area contributed by atoms with Gasteiger partial charge in [0.25, 0.3) is 0 Å². The number of rotatable bonds is 3. The Balaban J connectivity index is 3.26. The molecule has 0 bridgehead atoms. The van der Waals surface area contributed by atoms with E-state index in [4.69, 9.17) is 0 Å². The Kier molecular flexibility index (Phi) is 5.17. The number of nitrogens with zero attached hydrogens (tertiary/aromatic N) is 1. The molecule has 0 spiro atoms. The maximum absolute atomic E-state index is 3.79. The van der Waals surface area contributed by atoms with Crippen molar-refractivity contribution >= 4 is 6.34 Å². The maximum Gasteiger partial charge on any atom is 0.0876 e. The van der Waals surface area contributed by atoms with Gasteiger partial charge in [0.15, 0.2) is 0 Å². The fourth-order valence-electron chi connectivity index (χ4n) is 0.228. The predicted octanol–water partition coefficient (Wildman–Crippen LogP) is 0.934. The molecule has 2 nitrogen and oxygen atoms in total. The van der Waals surface area contributed by atoms with Crippen LogP contribution in [0.2, 0.25) is 0 Å². The van der Waals surface area contributed by atoms with Crippen LogP contribution >= 0.6 is 0 Å². The van der Waals surface area contributed by atoms with Crippen LogP contribution in [0.1, 0.15) is 0 Å². The van der Waals surface area contributed by atoms with Crippen LogP contribution in [0.5, 0.6) is 0 Å². The zero-order valence-electron chi connectivity index (χ0n) is 4.96. The van der Waals surface area contributed by atoms with E-state index in [0.717, 1.165) is 0 Å². The summed E-state index contributed by atoms with van der Waals surface area (Å²) in [5.74, 6) is 0. The predicted molar refractivity (Wildman–Crippen MR) is 36.9 cm³/mol. The molecular weight excluding hydrogens is 100 g/mol. The lowest BCUT2D eigenvalue weighted by Crippen LogP contribution is -1.98. The third-order valence-corrected chi connectivity index (χ3v) is 0.512. The first-order chi connectivity index (χ1) is 3.91. The lowest BCUT2D eigenvalue weighted by atomic mass is 10.6. The van der Waals surface area contributed by atoms with Crippen molar-refractivity contribution in [2.24, 2.45) is 4.99 Å². The van der Waals surface area contributed by atoms with Crippen LogP contribution in [-0.2, 0) is 0 Å². The zero-order chi connectivity index (χ0) is 6.24. The van der Waals surface area contributed by atoms with Crippen LogP contribution in [0.25, 0.3) is 0 Å². The van der Waals surface area contributed by atoms with Gasteiger partial charge in [0.1, 0.15) is 0 Å². The number of aliphatic imine (C=N–C) groups is 1. The highest BCUT2D eigenvalue weighted by Crippen LogP contribution is 1.70. The molecule has 0 rings (SSSR count). The van der Waals surface area contributed by atoms with Gasteiger partial charge in [0.2, 0.25) is 0 Å². The third kappa shape index (κ3) is 4.95. The highest BCUT2D eigenvalue weighted by Gasteiger charge is 1.56. The van der Waals surface area contributed by atoms with Gasteiger partial charge in [-0.2, -0.15) is 0 Å². The van der Waals surface area contributed by atoms with Crippen LogP contribution in [0, 0.1) is 0 Å². The zero-order valence-corrected chi connectivity index (χ0v) is 4.96. The van der Waals surface area contributed by atoms with Crippen molar-refractivity contribution in [3.63, 3.8) is 0 Å². The Morgan fingerprint density at radius 3 is 2.88 bits per heavy atom. The van der Waals surface area contributed by atoms with Crippen molar-refractivity contribution < 1.29 is 0 Å². The second-order valence-electron chi connectivity index (χ2n) is 1.14. The lowest BCUT2D eigenvalue weighted by Gasteiger charge is -1.77. The van der Waals surface area contributed by atoms with Crippen LogP contribution in [-0.4, -0.2) is 13.4 Å². The smallest absolute Gasteiger partial charge is 0.0876 e. The molecule has 0 aromatic carbocycles. The average molecular weight is 110 g/mol. The van der Waals surface area contributed by atoms with Crippen LogP contribution < -0.4 is 5.32 Å². The molecule has 0 unspecified atom stereocenters. The van der Waals surface area contributed by atoms with E-state index in [1.807, 2.05) is 0 Å². The van der Waals surface area contributed by atoms with Crippen LogP contribution in [0.15, 0.2) is 29.9 Å². The van der Waals surface area contributed by atoms with Gasteiger partial charge in [-0.3, -0.25) is 0 Å². The second kappa shape index (κ2) is 5.95. The summed E-state index contributed by atoms with van der Waals surface area (Å²) in [6.07, 6.45) is 6.68. The van der Waals surface area contributed by atoms with Gasteiger partial charge in [-0.05, 0) is 6.08 Å². The molecule has 0 heterocycles. The summed E-state index contributed by atoms with van der Waals surface area (Å²) in [4.78, 5) is 3.79. The van der Waals surface area contributed by atoms with E-state index in [0.29, 0.717) is 0 Å². The summed E-state index contributed by atoms with van der Waals surface area (Å²) in [5, 5.41) is 2.75. The molecule has 0 aliphatic carbocycles. The van der Waals surface area contributed by atoms with Crippen molar-refractivity contribution in [1.29, 1.82) is 0 Å². The molecule has 0 atom stereocenters. The van der Waals surface area contributed by atoms with E-state index >= 15 is 0 Å². The highest BCUT2D eigenvalue weighted by molar-refractivity contribution is 5.54. The summed E-state index contributed by atoms with van der Waals surface area (Å²) >= 11 is 0. The Bertz CT molecular complexity index is 103. The van der Waals surface area contributed by atoms with Crippen molar-refractivity contribution in [2.45, 2.75) is 0 Å². The van der Waals surface area contributed by atoms with Crippen molar-refractivity contribution in [3.05, 3.63) is 24.9 Å². The fraction of sp³-hybridized carbons (Fsp3) is 0.167. The third-order valence-electron chi connectivity index (χ3n) is 0.512. The normalized spacial score (nSPS) is 10.6. The topological polar surface area (TPSA) is 24.4 Å². The number of nitrogens with one attached hydrogen (secondary N) is 1. The Morgan fingerprint density at radius 1 is 1.62 bits per heavy atom. The van der Waals surface area contributed by atoms with E-state index in [1.165, 1.54) is 0 Å². The molecule has 0 saturated heterocycles. The summed E-state index contributed by atoms with van der Waals surface area (Å²) in [6.45, 7) is 3.48. The molecule has 0 radical (unpaired) electrons. The molecule has 0 aromatic heterocycles. The van der Waals surface area contributed by atoms with Crippen molar-refractivity contribution in [3.8, 4) is 0 Å². The monoisotopic (exact) mass is 110 g/mol. The van der Waals surface area contributed by atoms with Crippen molar-refractivity contribution in [1.82, 2.24) is 5.32 Å². The van der Waals surface area contributed by atoms with E-state index in [1.54, 1.807) is 31.7 Å². The lowest BCUT2D eigenvalue weighted by molar-refractivity contribution is 1.21. The first kappa shape index (κ1) is 6.95. The minimum absolute atomic E-state index is 1.60. The molecule has 8 heavy (non-hydrogen) atoms. The summed E-state index contributed by atoms with van der Waals surface area (Å²) in [7, 11) is 1.80. The first-order valence-corrected chi connectivity index (χ1v) is 2.38. The summed E-state index contributed by atoms with van der Waals surface area (Å²) < 4.78 is 0. The molecule has 0 aliphatic rings. The van der Waals surface area contributed by atoms with Crippen LogP contribution in [0.4, 0.5) is 0 Å². The molecular formula is C6H10N2. The number of allylic oxidation sites excluding steroid dienone is 2. The van der Waals surface area contributed by atoms with Gasteiger partial charge >= 0.3 is 0 Å². The van der Waals surface area contributed by atoms with E-state index in [9.17, 15) is 0 Å². The number of hydrogen-bond donors (Lipinski definition) is 1. The summed E-state index contributed by atoms with van der Waals surface area (Å²) in [6, 6.07) is 0. The largest absolute Gasteiger partial charge is 0.379 e. The first-order valence-electron chi connectivity index (χ1n) is 2.38. The molecule has 0 fully saturated rings. The molecule has 1 N–H and O–H groups in total. The quantitative estimate of drug-likeness (QED) is 0.326. The van der Waals surface area contributed by atoms with E-state index in [-0.39, 0.29) is 0 Å². The molecule has 0 saturated carbocycles. The molecule has 44 valence electrons. The van der Waals surface area contributed by atoms with E-state index in [2.05, 4.69) is 16.9 Å². The molecule has 2 heteroatoms. The Hall–Kier alpha value is -1.05. The van der Waals surface area contributed by atoms with Crippen LogP contribution in [0.3, 0.4) is 0 Å². The summed E-state index contributed by atoms with van der Waals surface area (Å²) in [5.41, 5.74) is 0. The molecule has 0 aliphatic heterocycles. The molecule has 0 aromatic rings. The molecule has 0 amide bonds. The maximum atomic E-state index is 3.79. The highest BCUT2D eigenvalue weighted by atomic mass is 14.9. The van der Waals surface area contributed by atoms with Gasteiger partial charge in [0.05, 0.1) is 6.34 Å². The van der Waals surface area contributed by atoms with Gasteiger partial charge in [-0.1, -0.05) is 12.7 Å². The average Bonchev–Trinajstić information content (AvgIpc) is 1.81. The van der Waals surface area contributed by atoms with Gasteiger partial charge in [-0.25, -0.2) is 4.99 Å². The van der Waals surface area contributed by atoms with Crippen molar-refractivity contribution in [2.75, 3.05) is 7.05 Å². The Morgan fingerprint density at radius 2 is 2.38 bits per heavy atom.